The summed E-state index contributed by atoms with van der Waals surface area (Å²) in [5.74, 6) is -0.350. The molecule has 9 heteroatoms. The first-order chi connectivity index (χ1) is 10.6. The van der Waals surface area contributed by atoms with Crippen molar-refractivity contribution < 1.29 is 14.5 Å². The van der Waals surface area contributed by atoms with Crippen molar-refractivity contribution in [3.8, 4) is 0 Å². The third-order valence-corrected chi connectivity index (χ3v) is 2.54. The summed E-state index contributed by atoms with van der Waals surface area (Å²) in [6.07, 6.45) is 0. The van der Waals surface area contributed by atoms with Crippen molar-refractivity contribution in [1.29, 1.82) is 0 Å². The molecule has 23 heavy (non-hydrogen) atoms. The zero-order valence-corrected chi connectivity index (χ0v) is 13.5. The topological polar surface area (TPSA) is 132 Å². The van der Waals surface area contributed by atoms with Gasteiger partial charge in [0.15, 0.2) is 0 Å². The van der Waals surface area contributed by atoms with Gasteiger partial charge in [-0.15, -0.1) is 0 Å². The Kier molecular flexibility index (Phi) is 5.88. The Bertz CT molecular complexity index is 622. The third-order valence-electron chi connectivity index (χ3n) is 2.54. The van der Waals surface area contributed by atoms with Gasteiger partial charge in [-0.3, -0.25) is 10.1 Å². The molecule has 0 bridgehead atoms. The van der Waals surface area contributed by atoms with Crippen LogP contribution < -0.4 is 16.5 Å². The quantitative estimate of drug-likeness (QED) is 0.237. The Hall–Kier alpha value is -2.84. The number of hydrogen-bond acceptors (Lipinski definition) is 7. The normalized spacial score (nSPS) is 11.7. The molecule has 0 spiro atoms. The monoisotopic (exact) mass is 323 g/mol. The zero-order valence-electron chi connectivity index (χ0n) is 13.5. The number of rotatable bonds is 6. The Labute approximate surface area is 134 Å². The van der Waals surface area contributed by atoms with Crippen LogP contribution in [-0.2, 0) is 4.74 Å². The number of ether oxygens (including phenoxy) is 1. The first-order valence-electron chi connectivity index (χ1n) is 6.88. The number of amidine groups is 1. The van der Waals surface area contributed by atoms with Crippen LogP contribution in [0.5, 0.6) is 0 Å². The smallest absolute Gasteiger partial charge is 0.338 e. The molecular weight excluding hydrogens is 302 g/mol. The molecule has 126 valence electrons. The molecule has 0 aliphatic heterocycles. The number of hydrogen-bond donors (Lipinski definition) is 3. The van der Waals surface area contributed by atoms with Crippen molar-refractivity contribution in [2.24, 2.45) is 10.8 Å². The standard InChI is InChI=1S/C14H21N5O4/c1-14(2,3)23-13(20)9-5-6-11(19(21)22)10(7-9)17-8-12(15)18-16-4/h5-7,16-17H,8H2,1-4H3,(H2,15,18). The van der Waals surface area contributed by atoms with E-state index in [2.05, 4.69) is 15.8 Å². The number of nitrogens with two attached hydrogens (primary N) is 1. The molecule has 0 fully saturated rings. The largest absolute Gasteiger partial charge is 0.456 e. The highest BCUT2D eigenvalue weighted by Crippen LogP contribution is 2.26. The SMILES string of the molecule is CN/N=C(\N)CNc1cc(C(=O)OC(C)(C)C)ccc1[N+](=O)[O-]. The third kappa shape index (κ3) is 5.81. The summed E-state index contributed by atoms with van der Waals surface area (Å²) in [6.45, 7) is 5.30. The second kappa shape index (κ2) is 7.43. The Morgan fingerprint density at radius 1 is 1.43 bits per heavy atom. The van der Waals surface area contributed by atoms with Gasteiger partial charge in [-0.2, -0.15) is 5.10 Å². The molecule has 9 nitrogen and oxygen atoms in total. The van der Waals surface area contributed by atoms with Gasteiger partial charge in [0, 0.05) is 13.1 Å². The summed E-state index contributed by atoms with van der Waals surface area (Å²) in [7, 11) is 1.58. The van der Waals surface area contributed by atoms with Gasteiger partial charge in [0.2, 0.25) is 0 Å². The minimum absolute atomic E-state index is 0.0828. The Morgan fingerprint density at radius 3 is 2.61 bits per heavy atom. The summed E-state index contributed by atoms with van der Waals surface area (Å²) in [5.41, 5.74) is 7.65. The van der Waals surface area contributed by atoms with Crippen LogP contribution >= 0.6 is 0 Å². The molecule has 0 aliphatic carbocycles. The summed E-state index contributed by atoms with van der Waals surface area (Å²) < 4.78 is 5.25. The molecule has 1 aromatic carbocycles. The van der Waals surface area contributed by atoms with Gasteiger partial charge >= 0.3 is 5.97 Å². The number of esters is 1. The zero-order chi connectivity index (χ0) is 17.6. The van der Waals surface area contributed by atoms with Gasteiger partial charge in [-0.05, 0) is 32.9 Å². The molecule has 0 heterocycles. The maximum absolute atomic E-state index is 12.1. The molecule has 0 aromatic heterocycles. The predicted octanol–water partition coefficient (Wildman–Crippen LogP) is 1.45. The van der Waals surface area contributed by atoms with Gasteiger partial charge in [-0.1, -0.05) is 0 Å². The van der Waals surface area contributed by atoms with Crippen LogP contribution in [0.1, 0.15) is 31.1 Å². The molecule has 0 aliphatic rings. The number of benzene rings is 1. The fourth-order valence-corrected chi connectivity index (χ4v) is 1.67. The molecule has 4 N–H and O–H groups in total. The number of carbonyl (C=O) groups excluding carboxylic acids is 1. The van der Waals surface area contributed by atoms with Crippen LogP contribution in [0.15, 0.2) is 23.3 Å². The molecular formula is C14H21N5O4. The van der Waals surface area contributed by atoms with Crippen LogP contribution in [-0.4, -0.2) is 35.9 Å². The highest BCUT2D eigenvalue weighted by atomic mass is 16.6. The maximum atomic E-state index is 12.1. The lowest BCUT2D eigenvalue weighted by atomic mass is 10.1. The minimum atomic E-state index is -0.656. The summed E-state index contributed by atoms with van der Waals surface area (Å²) in [5, 5.41) is 17.6. The minimum Gasteiger partial charge on any atom is -0.456 e. The lowest BCUT2D eigenvalue weighted by Gasteiger charge is -2.19. The van der Waals surface area contributed by atoms with E-state index >= 15 is 0 Å². The fraction of sp³-hybridized carbons (Fsp3) is 0.429. The first kappa shape index (κ1) is 18.2. The van der Waals surface area contributed by atoms with E-state index in [-0.39, 0.29) is 29.3 Å². The maximum Gasteiger partial charge on any atom is 0.338 e. The van der Waals surface area contributed by atoms with E-state index in [1.807, 2.05) is 0 Å². The van der Waals surface area contributed by atoms with Crippen molar-refractivity contribution in [2.45, 2.75) is 26.4 Å². The van der Waals surface area contributed by atoms with E-state index in [4.69, 9.17) is 10.5 Å². The highest BCUT2D eigenvalue weighted by Gasteiger charge is 2.21. The molecule has 0 radical (unpaired) electrons. The lowest BCUT2D eigenvalue weighted by Crippen LogP contribution is -2.26. The Balaban J connectivity index is 3.05. The number of nitrogens with zero attached hydrogens (tertiary/aromatic N) is 2. The number of anilines is 1. The summed E-state index contributed by atoms with van der Waals surface area (Å²) >= 11 is 0. The van der Waals surface area contributed by atoms with Crippen LogP contribution in [0, 0.1) is 10.1 Å². The van der Waals surface area contributed by atoms with E-state index in [0.29, 0.717) is 0 Å². The summed E-state index contributed by atoms with van der Waals surface area (Å²) in [4.78, 5) is 22.6. The van der Waals surface area contributed by atoms with Crippen LogP contribution in [0.25, 0.3) is 0 Å². The van der Waals surface area contributed by atoms with Crippen molar-refractivity contribution in [3.63, 3.8) is 0 Å². The molecule has 0 amide bonds. The van der Waals surface area contributed by atoms with Crippen LogP contribution in [0.2, 0.25) is 0 Å². The van der Waals surface area contributed by atoms with Crippen molar-refractivity contribution in [2.75, 3.05) is 18.9 Å². The number of carbonyl (C=O) groups is 1. The second-order valence-corrected chi connectivity index (χ2v) is 5.67. The first-order valence-corrected chi connectivity index (χ1v) is 6.88. The van der Waals surface area contributed by atoms with Crippen molar-refractivity contribution in [3.05, 3.63) is 33.9 Å². The van der Waals surface area contributed by atoms with E-state index in [1.165, 1.54) is 18.2 Å². The van der Waals surface area contributed by atoms with E-state index in [0.717, 1.165) is 0 Å². The number of nitrogens with one attached hydrogen (secondary N) is 2. The highest BCUT2D eigenvalue weighted by molar-refractivity contribution is 5.92. The molecule has 0 atom stereocenters. The van der Waals surface area contributed by atoms with Gasteiger partial charge in [0.25, 0.3) is 5.69 Å². The van der Waals surface area contributed by atoms with Crippen LogP contribution in [0.4, 0.5) is 11.4 Å². The molecule has 0 saturated heterocycles. The average molecular weight is 323 g/mol. The van der Waals surface area contributed by atoms with Gasteiger partial charge in [-0.25, -0.2) is 4.79 Å². The fourth-order valence-electron chi connectivity index (χ4n) is 1.67. The van der Waals surface area contributed by atoms with E-state index in [9.17, 15) is 14.9 Å². The molecule has 0 saturated carbocycles. The molecule has 1 rings (SSSR count). The number of nitro groups is 1. The van der Waals surface area contributed by atoms with Gasteiger partial charge in [0.05, 0.1) is 17.0 Å². The van der Waals surface area contributed by atoms with E-state index < -0.39 is 16.5 Å². The number of nitro benzene ring substituents is 1. The average Bonchev–Trinajstić information content (AvgIpc) is 2.43. The number of hydrazone groups is 1. The lowest BCUT2D eigenvalue weighted by molar-refractivity contribution is -0.383. The molecule has 0 unspecified atom stereocenters. The Morgan fingerprint density at radius 2 is 2.09 bits per heavy atom. The predicted molar refractivity (Wildman–Crippen MR) is 87.4 cm³/mol. The van der Waals surface area contributed by atoms with Crippen molar-refractivity contribution in [1.82, 2.24) is 5.43 Å². The summed E-state index contributed by atoms with van der Waals surface area (Å²) in [6, 6.07) is 3.95. The van der Waals surface area contributed by atoms with Crippen molar-refractivity contribution >= 4 is 23.2 Å². The van der Waals surface area contributed by atoms with Crippen LogP contribution in [0.3, 0.4) is 0 Å². The van der Waals surface area contributed by atoms with Gasteiger partial charge < -0.3 is 21.2 Å². The van der Waals surface area contributed by atoms with E-state index in [1.54, 1.807) is 27.8 Å². The molecule has 1 aromatic rings. The second-order valence-electron chi connectivity index (χ2n) is 5.67. The van der Waals surface area contributed by atoms with Gasteiger partial charge in [0.1, 0.15) is 17.1 Å².